The van der Waals surface area contributed by atoms with E-state index < -0.39 is 0 Å². The van der Waals surface area contributed by atoms with Crippen molar-refractivity contribution in [2.24, 2.45) is 0 Å². The summed E-state index contributed by atoms with van der Waals surface area (Å²) in [5, 5.41) is 25.6. The lowest BCUT2D eigenvalue weighted by Gasteiger charge is -2.06. The summed E-state index contributed by atoms with van der Waals surface area (Å²) in [6, 6.07) is 7.58. The molecule has 2 N–H and O–H groups in total. The van der Waals surface area contributed by atoms with Gasteiger partial charge >= 0.3 is 0 Å². The number of methoxy groups -OCH3 is 1. The molecule has 1 aromatic carbocycles. The first-order chi connectivity index (χ1) is 8.83. The number of rotatable bonds is 5. The highest BCUT2D eigenvalue weighted by Crippen LogP contribution is 2.18. The standard InChI is InChI=1S/C11H12N6O/c1-18-10-3-2-8(4-9(10)5-12)6-13-7-11-14-16-17-15-11/h2-4,13H,6-7H2,1H3,(H,14,15,16,17). The van der Waals surface area contributed by atoms with Crippen LogP contribution in [0.15, 0.2) is 18.2 Å². The van der Waals surface area contributed by atoms with Gasteiger partial charge in [0, 0.05) is 6.54 Å². The molecule has 1 heterocycles. The third-order valence-corrected chi connectivity index (χ3v) is 2.39. The molecule has 0 spiro atoms. The molecule has 0 saturated carbocycles. The molecule has 0 atom stereocenters. The van der Waals surface area contributed by atoms with E-state index in [1.54, 1.807) is 19.2 Å². The first-order valence-corrected chi connectivity index (χ1v) is 5.33. The normalized spacial score (nSPS) is 10.0. The molecule has 0 bridgehead atoms. The van der Waals surface area contributed by atoms with E-state index in [2.05, 4.69) is 32.0 Å². The van der Waals surface area contributed by atoms with E-state index in [1.807, 2.05) is 6.07 Å². The average Bonchev–Trinajstić information content (AvgIpc) is 2.91. The number of ether oxygens (including phenoxy) is 1. The molecule has 0 aliphatic rings. The maximum absolute atomic E-state index is 8.97. The third kappa shape index (κ3) is 2.81. The number of H-pyrrole nitrogens is 1. The fourth-order valence-corrected chi connectivity index (χ4v) is 1.53. The van der Waals surface area contributed by atoms with Crippen molar-refractivity contribution in [1.82, 2.24) is 25.9 Å². The van der Waals surface area contributed by atoms with Crippen molar-refractivity contribution in [3.8, 4) is 11.8 Å². The van der Waals surface area contributed by atoms with Gasteiger partial charge in [-0.15, -0.1) is 10.2 Å². The Labute approximate surface area is 104 Å². The van der Waals surface area contributed by atoms with Gasteiger partial charge < -0.3 is 10.1 Å². The highest BCUT2D eigenvalue weighted by atomic mass is 16.5. The summed E-state index contributed by atoms with van der Waals surface area (Å²) < 4.78 is 5.08. The number of aromatic amines is 1. The number of aromatic nitrogens is 4. The van der Waals surface area contributed by atoms with Crippen molar-refractivity contribution in [3.63, 3.8) is 0 Å². The van der Waals surface area contributed by atoms with Crippen molar-refractivity contribution in [2.75, 3.05) is 7.11 Å². The van der Waals surface area contributed by atoms with Crippen molar-refractivity contribution in [1.29, 1.82) is 5.26 Å². The van der Waals surface area contributed by atoms with Crippen molar-refractivity contribution >= 4 is 0 Å². The maximum Gasteiger partial charge on any atom is 0.188 e. The summed E-state index contributed by atoms with van der Waals surface area (Å²) in [5.41, 5.74) is 1.52. The summed E-state index contributed by atoms with van der Waals surface area (Å²) in [4.78, 5) is 0. The number of hydrogen-bond donors (Lipinski definition) is 2. The minimum absolute atomic E-state index is 0.518. The molecule has 0 aliphatic heterocycles. The van der Waals surface area contributed by atoms with Crippen molar-refractivity contribution < 1.29 is 4.74 Å². The van der Waals surface area contributed by atoms with E-state index in [0.717, 1.165) is 5.56 Å². The van der Waals surface area contributed by atoms with Crippen LogP contribution in [0.3, 0.4) is 0 Å². The van der Waals surface area contributed by atoms with Gasteiger partial charge in [-0.25, -0.2) is 0 Å². The Hall–Kier alpha value is -2.46. The van der Waals surface area contributed by atoms with Crippen LogP contribution in [0.25, 0.3) is 0 Å². The quantitative estimate of drug-likeness (QED) is 0.788. The van der Waals surface area contributed by atoms with Crippen LogP contribution in [0.5, 0.6) is 5.75 Å². The van der Waals surface area contributed by atoms with Crippen LogP contribution in [0.4, 0.5) is 0 Å². The Morgan fingerprint density at radius 1 is 1.44 bits per heavy atom. The van der Waals surface area contributed by atoms with E-state index in [0.29, 0.717) is 30.2 Å². The van der Waals surface area contributed by atoms with Crippen LogP contribution < -0.4 is 10.1 Å². The Morgan fingerprint density at radius 3 is 3.00 bits per heavy atom. The van der Waals surface area contributed by atoms with Crippen LogP contribution in [0.2, 0.25) is 0 Å². The molecule has 92 valence electrons. The molecule has 2 aromatic rings. The molecule has 0 unspecified atom stereocenters. The second-order valence-corrected chi connectivity index (χ2v) is 3.58. The van der Waals surface area contributed by atoms with Gasteiger partial charge in [0.25, 0.3) is 0 Å². The molecule has 0 amide bonds. The second-order valence-electron chi connectivity index (χ2n) is 3.58. The molecule has 0 aliphatic carbocycles. The van der Waals surface area contributed by atoms with Crippen LogP contribution in [0.1, 0.15) is 17.0 Å². The van der Waals surface area contributed by atoms with Gasteiger partial charge in [0.15, 0.2) is 5.82 Å². The molecular formula is C11H12N6O. The fourth-order valence-electron chi connectivity index (χ4n) is 1.53. The van der Waals surface area contributed by atoms with E-state index in [9.17, 15) is 0 Å². The highest BCUT2D eigenvalue weighted by Gasteiger charge is 2.04. The number of benzene rings is 1. The van der Waals surface area contributed by atoms with Crippen LogP contribution in [-0.4, -0.2) is 27.7 Å². The Balaban J connectivity index is 1.96. The molecule has 2 rings (SSSR count). The number of hydrogen-bond acceptors (Lipinski definition) is 6. The Morgan fingerprint density at radius 2 is 2.33 bits per heavy atom. The zero-order chi connectivity index (χ0) is 12.8. The van der Waals surface area contributed by atoms with Gasteiger partial charge in [-0.3, -0.25) is 0 Å². The Bertz CT molecular complexity index is 545. The minimum atomic E-state index is 0.518. The highest BCUT2D eigenvalue weighted by molar-refractivity contribution is 5.45. The van der Waals surface area contributed by atoms with E-state index in [-0.39, 0.29) is 0 Å². The second kappa shape index (κ2) is 5.75. The van der Waals surface area contributed by atoms with Gasteiger partial charge in [-0.05, 0) is 17.7 Å². The van der Waals surface area contributed by atoms with E-state index in [1.165, 1.54) is 0 Å². The predicted molar refractivity (Wildman–Crippen MR) is 62.4 cm³/mol. The molecule has 0 saturated heterocycles. The van der Waals surface area contributed by atoms with Crippen molar-refractivity contribution in [3.05, 3.63) is 35.2 Å². The zero-order valence-electron chi connectivity index (χ0n) is 9.84. The van der Waals surface area contributed by atoms with Gasteiger partial charge in [-0.2, -0.15) is 10.5 Å². The number of nitrogens with one attached hydrogen (secondary N) is 2. The maximum atomic E-state index is 8.97. The van der Waals surface area contributed by atoms with Crippen LogP contribution in [-0.2, 0) is 13.1 Å². The molecular weight excluding hydrogens is 232 g/mol. The average molecular weight is 244 g/mol. The smallest absolute Gasteiger partial charge is 0.188 e. The lowest BCUT2D eigenvalue weighted by atomic mass is 10.1. The van der Waals surface area contributed by atoms with E-state index >= 15 is 0 Å². The van der Waals surface area contributed by atoms with Crippen molar-refractivity contribution in [2.45, 2.75) is 13.1 Å². The molecule has 0 radical (unpaired) electrons. The first kappa shape index (κ1) is 12.0. The van der Waals surface area contributed by atoms with E-state index in [4.69, 9.17) is 10.00 Å². The zero-order valence-corrected chi connectivity index (χ0v) is 9.84. The lowest BCUT2D eigenvalue weighted by molar-refractivity contribution is 0.413. The largest absolute Gasteiger partial charge is 0.495 e. The summed E-state index contributed by atoms with van der Waals surface area (Å²) in [7, 11) is 1.55. The van der Waals surface area contributed by atoms with Gasteiger partial charge in [0.05, 0.1) is 19.2 Å². The Kier molecular flexibility index (Phi) is 3.83. The van der Waals surface area contributed by atoms with Crippen LogP contribution >= 0.6 is 0 Å². The summed E-state index contributed by atoms with van der Waals surface area (Å²) in [5.74, 6) is 1.18. The number of tetrazole rings is 1. The summed E-state index contributed by atoms with van der Waals surface area (Å²) in [6.45, 7) is 1.14. The predicted octanol–water partition coefficient (Wildman–Crippen LogP) is 0.370. The van der Waals surface area contributed by atoms with Gasteiger partial charge in [0.1, 0.15) is 11.8 Å². The molecule has 18 heavy (non-hydrogen) atoms. The summed E-state index contributed by atoms with van der Waals surface area (Å²) >= 11 is 0. The molecule has 7 heteroatoms. The molecule has 0 fully saturated rings. The van der Waals surface area contributed by atoms with Gasteiger partial charge in [-0.1, -0.05) is 11.3 Å². The molecule has 1 aromatic heterocycles. The van der Waals surface area contributed by atoms with Crippen LogP contribution in [0, 0.1) is 11.3 Å². The third-order valence-electron chi connectivity index (χ3n) is 2.39. The number of nitriles is 1. The van der Waals surface area contributed by atoms with Gasteiger partial charge in [0.2, 0.25) is 0 Å². The first-order valence-electron chi connectivity index (χ1n) is 5.33. The topological polar surface area (TPSA) is 99.5 Å². The fraction of sp³-hybridized carbons (Fsp3) is 0.273. The summed E-state index contributed by atoms with van der Waals surface area (Å²) in [6.07, 6.45) is 0. The lowest BCUT2D eigenvalue weighted by Crippen LogP contribution is -2.14. The monoisotopic (exact) mass is 244 g/mol. The minimum Gasteiger partial charge on any atom is -0.495 e. The molecule has 7 nitrogen and oxygen atoms in total. The SMILES string of the molecule is COc1ccc(CNCc2nn[nH]n2)cc1C#N. The number of nitrogens with zero attached hydrogens (tertiary/aromatic N) is 4.